The van der Waals surface area contributed by atoms with E-state index in [2.05, 4.69) is 16.7 Å². The highest BCUT2D eigenvalue weighted by atomic mass is 16.4. The predicted molar refractivity (Wildman–Crippen MR) is 60.0 cm³/mol. The van der Waals surface area contributed by atoms with Gasteiger partial charge in [-0.15, -0.1) is 0 Å². The highest BCUT2D eigenvalue weighted by molar-refractivity contribution is 5.66. The van der Waals surface area contributed by atoms with Crippen LogP contribution in [0.5, 0.6) is 0 Å². The summed E-state index contributed by atoms with van der Waals surface area (Å²) >= 11 is 0. The number of rotatable bonds is 6. The molecule has 0 aliphatic carbocycles. The zero-order valence-corrected chi connectivity index (χ0v) is 9.78. The summed E-state index contributed by atoms with van der Waals surface area (Å²) in [7, 11) is 2.03. The van der Waals surface area contributed by atoms with Crippen LogP contribution in [0.25, 0.3) is 0 Å². The molecule has 0 aromatic heterocycles. The minimum Gasteiger partial charge on any atom is -0.481 e. The smallest absolute Gasteiger partial charge is 0.304 e. The number of nitrogens with zero attached hydrogens (tertiary/aromatic N) is 2. The molecule has 1 fully saturated rings. The van der Waals surface area contributed by atoms with Gasteiger partial charge in [-0.2, -0.15) is 0 Å². The third-order valence-electron chi connectivity index (χ3n) is 3.09. The number of carboxylic acids is 1. The van der Waals surface area contributed by atoms with Crippen molar-refractivity contribution in [3.8, 4) is 0 Å². The second kappa shape index (κ2) is 6.08. The molecule has 1 rings (SSSR count). The van der Waals surface area contributed by atoms with E-state index in [1.54, 1.807) is 0 Å². The molecule has 0 spiro atoms. The monoisotopic (exact) mass is 214 g/mol. The number of carboxylic acid groups (broad SMARTS) is 1. The van der Waals surface area contributed by atoms with E-state index in [0.29, 0.717) is 12.6 Å². The average molecular weight is 214 g/mol. The van der Waals surface area contributed by atoms with Gasteiger partial charge in [0, 0.05) is 19.1 Å². The molecular formula is C11H22N2O2. The van der Waals surface area contributed by atoms with Gasteiger partial charge in [0.05, 0.1) is 6.42 Å². The second-order valence-corrected chi connectivity index (χ2v) is 4.37. The lowest BCUT2D eigenvalue weighted by Crippen LogP contribution is -2.36. The molecule has 88 valence electrons. The van der Waals surface area contributed by atoms with E-state index in [1.807, 2.05) is 7.05 Å². The van der Waals surface area contributed by atoms with Crippen LogP contribution in [0.1, 0.15) is 26.2 Å². The fourth-order valence-corrected chi connectivity index (χ4v) is 2.15. The molecule has 0 bridgehead atoms. The molecule has 1 N–H and O–H groups in total. The Hall–Kier alpha value is -0.610. The fourth-order valence-electron chi connectivity index (χ4n) is 2.15. The van der Waals surface area contributed by atoms with Crippen molar-refractivity contribution in [2.45, 2.75) is 32.2 Å². The van der Waals surface area contributed by atoms with Crippen molar-refractivity contribution < 1.29 is 9.90 Å². The molecule has 0 radical (unpaired) electrons. The molecule has 0 amide bonds. The first-order valence-electron chi connectivity index (χ1n) is 5.78. The van der Waals surface area contributed by atoms with E-state index in [1.165, 1.54) is 19.4 Å². The maximum absolute atomic E-state index is 10.4. The summed E-state index contributed by atoms with van der Waals surface area (Å²) in [6.07, 6.45) is 2.63. The highest BCUT2D eigenvalue weighted by Crippen LogP contribution is 2.14. The second-order valence-electron chi connectivity index (χ2n) is 4.37. The van der Waals surface area contributed by atoms with Crippen LogP contribution in [-0.4, -0.2) is 60.1 Å². The van der Waals surface area contributed by atoms with Crippen molar-refractivity contribution in [2.75, 3.05) is 33.2 Å². The first-order valence-corrected chi connectivity index (χ1v) is 5.78. The average Bonchev–Trinajstić information content (AvgIpc) is 2.63. The first-order chi connectivity index (χ1) is 7.13. The van der Waals surface area contributed by atoms with Crippen LogP contribution >= 0.6 is 0 Å². The lowest BCUT2D eigenvalue weighted by molar-refractivity contribution is -0.137. The molecule has 1 atom stereocenters. The number of carbonyl (C=O) groups is 1. The van der Waals surface area contributed by atoms with Crippen molar-refractivity contribution in [1.29, 1.82) is 0 Å². The zero-order chi connectivity index (χ0) is 11.3. The molecule has 1 saturated heterocycles. The zero-order valence-electron chi connectivity index (χ0n) is 9.78. The molecule has 1 heterocycles. The van der Waals surface area contributed by atoms with Gasteiger partial charge in [0.15, 0.2) is 0 Å². The van der Waals surface area contributed by atoms with Gasteiger partial charge < -0.3 is 14.9 Å². The summed E-state index contributed by atoms with van der Waals surface area (Å²) in [5.41, 5.74) is 0. The van der Waals surface area contributed by atoms with Gasteiger partial charge in [0.2, 0.25) is 0 Å². The predicted octanol–water partition coefficient (Wildman–Crippen LogP) is 0.877. The van der Waals surface area contributed by atoms with E-state index >= 15 is 0 Å². The van der Waals surface area contributed by atoms with Crippen LogP contribution in [-0.2, 0) is 4.79 Å². The van der Waals surface area contributed by atoms with Gasteiger partial charge in [-0.3, -0.25) is 4.79 Å². The molecule has 1 aliphatic rings. The summed E-state index contributed by atoms with van der Waals surface area (Å²) < 4.78 is 0. The normalized spacial score (nSPS) is 22.5. The molecule has 0 aromatic carbocycles. The lowest BCUT2D eigenvalue weighted by atomic mass is 10.2. The quantitative estimate of drug-likeness (QED) is 0.713. The Balaban J connectivity index is 2.23. The molecule has 4 nitrogen and oxygen atoms in total. The van der Waals surface area contributed by atoms with Crippen molar-refractivity contribution in [1.82, 2.24) is 9.80 Å². The van der Waals surface area contributed by atoms with Crippen molar-refractivity contribution in [3.63, 3.8) is 0 Å². The molecule has 0 aromatic rings. The van der Waals surface area contributed by atoms with Crippen LogP contribution in [0.4, 0.5) is 0 Å². The number of likely N-dealkylation sites (tertiary alicyclic amines) is 1. The fraction of sp³-hybridized carbons (Fsp3) is 0.909. The standard InChI is InChI=1S/C11H22N2O2/c1-3-6-13-8-4-10(9-13)12(2)7-5-11(14)15/h10H,3-9H2,1-2H3,(H,14,15). The summed E-state index contributed by atoms with van der Waals surface area (Å²) in [6, 6.07) is 0.552. The minimum absolute atomic E-state index is 0.251. The van der Waals surface area contributed by atoms with Gasteiger partial charge in [0.1, 0.15) is 0 Å². The molecular weight excluding hydrogens is 192 g/mol. The van der Waals surface area contributed by atoms with Crippen LogP contribution in [0.15, 0.2) is 0 Å². The van der Waals surface area contributed by atoms with Crippen LogP contribution in [0, 0.1) is 0 Å². The van der Waals surface area contributed by atoms with E-state index in [9.17, 15) is 4.79 Å². The SMILES string of the molecule is CCCN1CCC(N(C)CCC(=O)O)C1. The Bertz CT molecular complexity index is 209. The van der Waals surface area contributed by atoms with Crippen LogP contribution in [0.2, 0.25) is 0 Å². The van der Waals surface area contributed by atoms with Gasteiger partial charge in [-0.1, -0.05) is 6.92 Å². The van der Waals surface area contributed by atoms with E-state index in [-0.39, 0.29) is 6.42 Å². The maximum atomic E-state index is 10.4. The minimum atomic E-state index is -0.703. The number of aliphatic carboxylic acids is 1. The summed E-state index contributed by atoms with van der Waals surface area (Å²) in [6.45, 7) is 6.30. The Labute approximate surface area is 91.9 Å². The Kier molecular flexibility index (Phi) is 5.05. The summed E-state index contributed by atoms with van der Waals surface area (Å²) in [4.78, 5) is 15.1. The Morgan fingerprint density at radius 2 is 2.33 bits per heavy atom. The highest BCUT2D eigenvalue weighted by Gasteiger charge is 2.24. The third kappa shape index (κ3) is 4.18. The van der Waals surface area contributed by atoms with E-state index in [4.69, 9.17) is 5.11 Å². The van der Waals surface area contributed by atoms with Crippen molar-refractivity contribution >= 4 is 5.97 Å². The van der Waals surface area contributed by atoms with Crippen molar-refractivity contribution in [3.05, 3.63) is 0 Å². The first kappa shape index (κ1) is 12.5. The Morgan fingerprint density at radius 1 is 1.60 bits per heavy atom. The van der Waals surface area contributed by atoms with E-state index in [0.717, 1.165) is 13.1 Å². The van der Waals surface area contributed by atoms with Gasteiger partial charge in [-0.05, 0) is 33.0 Å². The summed E-state index contributed by atoms with van der Waals surface area (Å²) in [5, 5.41) is 8.60. The molecule has 1 unspecified atom stereocenters. The van der Waals surface area contributed by atoms with Crippen LogP contribution in [0.3, 0.4) is 0 Å². The number of likely N-dealkylation sites (N-methyl/N-ethyl adjacent to an activating group) is 1. The molecule has 0 saturated carbocycles. The molecule has 4 heteroatoms. The topological polar surface area (TPSA) is 43.8 Å². The molecule has 1 aliphatic heterocycles. The molecule has 15 heavy (non-hydrogen) atoms. The number of hydrogen-bond donors (Lipinski definition) is 1. The van der Waals surface area contributed by atoms with E-state index < -0.39 is 5.97 Å². The van der Waals surface area contributed by atoms with Gasteiger partial charge in [0.25, 0.3) is 0 Å². The lowest BCUT2D eigenvalue weighted by Gasteiger charge is -2.23. The summed E-state index contributed by atoms with van der Waals surface area (Å²) in [5.74, 6) is -0.703. The largest absolute Gasteiger partial charge is 0.481 e. The van der Waals surface area contributed by atoms with Crippen molar-refractivity contribution in [2.24, 2.45) is 0 Å². The third-order valence-corrected chi connectivity index (χ3v) is 3.09. The number of hydrogen-bond acceptors (Lipinski definition) is 3. The van der Waals surface area contributed by atoms with Gasteiger partial charge >= 0.3 is 5.97 Å². The Morgan fingerprint density at radius 3 is 2.93 bits per heavy atom. The van der Waals surface area contributed by atoms with Crippen LogP contribution < -0.4 is 0 Å². The van der Waals surface area contributed by atoms with Gasteiger partial charge in [-0.25, -0.2) is 0 Å². The maximum Gasteiger partial charge on any atom is 0.304 e.